The van der Waals surface area contributed by atoms with Gasteiger partial charge in [0.15, 0.2) is 0 Å². The van der Waals surface area contributed by atoms with Gasteiger partial charge in [-0.1, -0.05) is 37.3 Å². The van der Waals surface area contributed by atoms with Gasteiger partial charge >= 0.3 is 0 Å². The number of carbonyl (C=O) groups excluding carboxylic acids is 2. The molecule has 0 fully saturated rings. The number of allylic oxidation sites excluding steroid dienone is 3. The molecule has 0 spiro atoms. The predicted molar refractivity (Wildman–Crippen MR) is 197 cm³/mol. The number of benzene rings is 2. The first-order chi connectivity index (χ1) is 24.3. The first-order valence-corrected chi connectivity index (χ1v) is 17.7. The summed E-state index contributed by atoms with van der Waals surface area (Å²) in [4.78, 5) is 36.4. The highest BCUT2D eigenvalue weighted by atomic mass is 19.1. The Kier molecular flexibility index (Phi) is 11.6. The summed E-state index contributed by atoms with van der Waals surface area (Å²) in [5.41, 5.74) is 12.4. The number of nitrogens with zero attached hydrogens (tertiary/aromatic N) is 5. The number of fused-ring (bicyclic) bond motifs is 2. The van der Waals surface area contributed by atoms with Gasteiger partial charge in [-0.2, -0.15) is 5.26 Å². The molecule has 0 radical (unpaired) electrons. The Bertz CT molecular complexity index is 1840. The van der Waals surface area contributed by atoms with Crippen molar-refractivity contribution in [2.45, 2.75) is 76.1 Å². The zero-order chi connectivity index (χ0) is 37.0. The summed E-state index contributed by atoms with van der Waals surface area (Å²) in [5, 5.41) is 24.0. The molecule has 1 aliphatic heterocycles. The number of amides is 2. The maximum Gasteiger partial charge on any atom is 0.253 e. The SMILES string of the molecule is CCC1=C(F)C=CC(N=C(N)C2(C[C@H](C)NCC(=O)N3CCC=C3C#N)c3ccc(C(=O)N(C)C)cc3CCc3cc(C(O)N(C)C)ccc32)C1. The molecule has 11 heteroatoms. The van der Waals surface area contributed by atoms with E-state index in [1.54, 1.807) is 36.0 Å². The van der Waals surface area contributed by atoms with E-state index in [-0.39, 0.29) is 36.3 Å². The van der Waals surface area contributed by atoms with E-state index in [0.717, 1.165) is 27.8 Å². The Morgan fingerprint density at radius 3 is 2.49 bits per heavy atom. The number of carbonyl (C=O) groups is 2. The lowest BCUT2D eigenvalue weighted by Crippen LogP contribution is -2.49. The van der Waals surface area contributed by atoms with Crippen LogP contribution in [0.3, 0.4) is 0 Å². The van der Waals surface area contributed by atoms with Crippen molar-refractivity contribution in [3.8, 4) is 6.07 Å². The minimum Gasteiger partial charge on any atom is -0.386 e. The van der Waals surface area contributed by atoms with Crippen molar-refractivity contribution in [2.24, 2.45) is 10.7 Å². The first-order valence-electron chi connectivity index (χ1n) is 17.7. The fraction of sp³-hybridized carbons (Fsp3) is 0.450. The third-order valence-electron chi connectivity index (χ3n) is 10.3. The molecule has 1 heterocycles. The quantitative estimate of drug-likeness (QED) is 0.177. The zero-order valence-corrected chi connectivity index (χ0v) is 30.5. The van der Waals surface area contributed by atoms with Gasteiger partial charge in [0.05, 0.1) is 18.0 Å². The molecule has 270 valence electrons. The van der Waals surface area contributed by atoms with Gasteiger partial charge in [-0.3, -0.25) is 19.5 Å². The molecule has 0 saturated heterocycles. The molecule has 3 aliphatic rings. The maximum absolute atomic E-state index is 14.6. The molecule has 10 nitrogen and oxygen atoms in total. The zero-order valence-electron chi connectivity index (χ0n) is 30.5. The van der Waals surface area contributed by atoms with Crippen LogP contribution in [0.15, 0.2) is 76.7 Å². The van der Waals surface area contributed by atoms with Gasteiger partial charge in [0.25, 0.3) is 5.91 Å². The van der Waals surface area contributed by atoms with Crippen LogP contribution in [0.4, 0.5) is 4.39 Å². The monoisotopic (exact) mass is 695 g/mol. The van der Waals surface area contributed by atoms with Crippen LogP contribution in [0, 0.1) is 11.3 Å². The van der Waals surface area contributed by atoms with Crippen molar-refractivity contribution < 1.29 is 19.1 Å². The van der Waals surface area contributed by atoms with Crippen molar-refractivity contribution in [1.29, 1.82) is 5.26 Å². The van der Waals surface area contributed by atoms with E-state index in [0.29, 0.717) is 67.7 Å². The van der Waals surface area contributed by atoms with Crippen LogP contribution in [0.5, 0.6) is 0 Å². The fourth-order valence-corrected chi connectivity index (χ4v) is 7.56. The molecule has 2 amide bonds. The van der Waals surface area contributed by atoms with Gasteiger partial charge in [-0.25, -0.2) is 4.39 Å². The number of amidine groups is 1. The van der Waals surface area contributed by atoms with E-state index < -0.39 is 11.6 Å². The number of hydrogen-bond donors (Lipinski definition) is 3. The summed E-state index contributed by atoms with van der Waals surface area (Å²) in [6.45, 7) is 4.42. The molecule has 5 rings (SSSR count). The second-order valence-corrected chi connectivity index (χ2v) is 14.2. The Balaban J connectivity index is 1.67. The van der Waals surface area contributed by atoms with E-state index in [1.165, 1.54) is 11.0 Å². The molecule has 3 unspecified atom stereocenters. The molecule has 4 N–H and O–H groups in total. The number of nitrogens with one attached hydrogen (secondary N) is 1. The van der Waals surface area contributed by atoms with E-state index in [4.69, 9.17) is 10.7 Å². The van der Waals surface area contributed by atoms with Crippen LogP contribution < -0.4 is 11.1 Å². The standard InChI is InChI=1S/C40H50FN7O3/c1-7-26-21-31(14-17-35(26)41)45-39(43)40(22-25(2)44-24-36(49)48-18-8-9-32(48)23-42)33-15-12-29(37(50)46(3)4)19-27(33)10-11-28-20-30(13-16-34(28)40)38(51)47(5)6/h9,12-17,19-20,25,31,37,44,50H,7-8,10-11,18,21-22,24H2,1-6H3,(H2,43,45)/t25-,31?,37?,40?/m0/s1. The molecule has 2 aliphatic carbocycles. The van der Waals surface area contributed by atoms with Gasteiger partial charge < -0.3 is 26.0 Å². The Labute approximate surface area is 300 Å². The average Bonchev–Trinajstić information content (AvgIpc) is 3.56. The number of nitrogens with two attached hydrogens (primary N) is 1. The molecule has 2 aromatic rings. The normalized spacial score (nSPS) is 21.4. The average molecular weight is 696 g/mol. The fourth-order valence-electron chi connectivity index (χ4n) is 7.56. The summed E-state index contributed by atoms with van der Waals surface area (Å²) in [5.74, 6) is -0.187. The van der Waals surface area contributed by atoms with Gasteiger partial charge in [0, 0.05) is 32.2 Å². The highest BCUT2D eigenvalue weighted by Crippen LogP contribution is 2.45. The van der Waals surface area contributed by atoms with Crippen molar-refractivity contribution in [1.82, 2.24) is 20.0 Å². The van der Waals surface area contributed by atoms with Crippen LogP contribution in [0.2, 0.25) is 0 Å². The number of hydrogen-bond acceptors (Lipinski definition) is 7. The highest BCUT2D eigenvalue weighted by molar-refractivity contribution is 5.98. The number of rotatable bonds is 11. The lowest BCUT2D eigenvalue weighted by molar-refractivity contribution is -0.127. The van der Waals surface area contributed by atoms with Crippen LogP contribution in [0.25, 0.3) is 0 Å². The van der Waals surface area contributed by atoms with Gasteiger partial charge in [-0.15, -0.1) is 0 Å². The second-order valence-electron chi connectivity index (χ2n) is 14.2. The lowest BCUT2D eigenvalue weighted by Gasteiger charge is -2.39. The summed E-state index contributed by atoms with van der Waals surface area (Å²) in [6.07, 6.45) is 7.42. The number of aliphatic hydroxyl groups excluding tert-OH is 1. The number of nitriles is 1. The molecule has 0 bridgehead atoms. The van der Waals surface area contributed by atoms with Crippen LogP contribution in [-0.4, -0.2) is 90.8 Å². The molecular weight excluding hydrogens is 645 g/mol. The second kappa shape index (κ2) is 15.7. The molecular formula is C40H50FN7O3. The Morgan fingerprint density at radius 1 is 1.16 bits per heavy atom. The van der Waals surface area contributed by atoms with E-state index in [2.05, 4.69) is 11.4 Å². The predicted octanol–water partition coefficient (Wildman–Crippen LogP) is 4.65. The van der Waals surface area contributed by atoms with Crippen molar-refractivity contribution in [2.75, 3.05) is 41.3 Å². The summed E-state index contributed by atoms with van der Waals surface area (Å²) in [6, 6.07) is 13.2. The van der Waals surface area contributed by atoms with Gasteiger partial charge in [0.2, 0.25) is 5.91 Å². The smallest absolute Gasteiger partial charge is 0.253 e. The third-order valence-corrected chi connectivity index (χ3v) is 10.3. The summed E-state index contributed by atoms with van der Waals surface area (Å²) < 4.78 is 14.6. The number of aliphatic hydroxyl groups is 1. The number of aryl methyl sites for hydroxylation is 2. The largest absolute Gasteiger partial charge is 0.386 e. The van der Waals surface area contributed by atoms with E-state index in [9.17, 15) is 24.3 Å². The van der Waals surface area contributed by atoms with Crippen LogP contribution in [0.1, 0.15) is 83.9 Å². The lowest BCUT2D eigenvalue weighted by atomic mass is 9.67. The van der Waals surface area contributed by atoms with Crippen LogP contribution in [-0.2, 0) is 23.1 Å². The summed E-state index contributed by atoms with van der Waals surface area (Å²) >= 11 is 0. The van der Waals surface area contributed by atoms with E-state index >= 15 is 0 Å². The highest BCUT2D eigenvalue weighted by Gasteiger charge is 2.45. The Hall–Kier alpha value is -4.63. The minimum absolute atomic E-state index is 0.0204. The molecule has 51 heavy (non-hydrogen) atoms. The van der Waals surface area contributed by atoms with Crippen molar-refractivity contribution in [3.05, 3.63) is 105 Å². The minimum atomic E-state index is -1.02. The molecule has 0 saturated carbocycles. The molecule has 4 atom stereocenters. The van der Waals surface area contributed by atoms with Crippen LogP contribution >= 0.6 is 0 Å². The van der Waals surface area contributed by atoms with Crippen molar-refractivity contribution >= 4 is 17.6 Å². The number of halogens is 1. The first kappa shape index (κ1) is 37.6. The molecule has 0 aromatic heterocycles. The topological polar surface area (TPSA) is 138 Å². The van der Waals surface area contributed by atoms with Crippen molar-refractivity contribution in [3.63, 3.8) is 0 Å². The number of aliphatic imine (C=N–C) groups is 1. The third kappa shape index (κ3) is 7.69. The van der Waals surface area contributed by atoms with Gasteiger partial charge in [-0.05, 0) is 117 Å². The maximum atomic E-state index is 14.6. The molecule has 2 aromatic carbocycles. The van der Waals surface area contributed by atoms with Gasteiger partial charge in [0.1, 0.15) is 29.7 Å². The Morgan fingerprint density at radius 2 is 1.84 bits per heavy atom. The van der Waals surface area contributed by atoms with E-state index in [1.807, 2.05) is 64.3 Å². The summed E-state index contributed by atoms with van der Waals surface area (Å²) in [7, 11) is 7.08.